The summed E-state index contributed by atoms with van der Waals surface area (Å²) in [7, 11) is 0. The SMILES string of the molecule is C=C(C(=O)NN(c1ccccc1)c1ccccc1)C1CCc2ccccc21. The predicted octanol–water partition coefficient (Wildman–Crippen LogP) is 5.14. The molecule has 3 heteroatoms. The van der Waals surface area contributed by atoms with Crippen LogP contribution in [0.4, 0.5) is 11.4 Å². The fourth-order valence-electron chi connectivity index (χ4n) is 3.68. The average Bonchev–Trinajstić information content (AvgIpc) is 3.16. The zero-order valence-electron chi connectivity index (χ0n) is 15.1. The molecule has 0 saturated heterocycles. The number of carbonyl (C=O) groups excluding carboxylic acids is 1. The lowest BCUT2D eigenvalue weighted by Gasteiger charge is -2.27. The van der Waals surface area contributed by atoms with E-state index in [4.69, 9.17) is 0 Å². The topological polar surface area (TPSA) is 32.3 Å². The number of rotatable bonds is 5. The third-order valence-corrected chi connectivity index (χ3v) is 5.09. The van der Waals surface area contributed by atoms with Crippen molar-refractivity contribution in [3.05, 3.63) is 108 Å². The highest BCUT2D eigenvalue weighted by Crippen LogP contribution is 2.37. The van der Waals surface area contributed by atoms with Crippen molar-refractivity contribution in [1.82, 2.24) is 5.43 Å². The molecule has 1 atom stereocenters. The molecule has 0 spiro atoms. The molecule has 0 radical (unpaired) electrons. The molecule has 0 aliphatic heterocycles. The predicted molar refractivity (Wildman–Crippen MR) is 110 cm³/mol. The molecular weight excluding hydrogens is 332 g/mol. The van der Waals surface area contributed by atoms with E-state index >= 15 is 0 Å². The van der Waals surface area contributed by atoms with Gasteiger partial charge >= 0.3 is 0 Å². The molecule has 4 rings (SSSR count). The third-order valence-electron chi connectivity index (χ3n) is 5.09. The normalized spacial score (nSPS) is 15.0. The van der Waals surface area contributed by atoms with Gasteiger partial charge in [0.1, 0.15) is 0 Å². The van der Waals surface area contributed by atoms with E-state index in [1.807, 2.05) is 71.7 Å². The summed E-state index contributed by atoms with van der Waals surface area (Å²) in [4.78, 5) is 13.0. The number of hydrogen-bond donors (Lipinski definition) is 1. The Balaban J connectivity index is 1.58. The van der Waals surface area contributed by atoms with Crippen molar-refractivity contribution >= 4 is 17.3 Å². The Labute approximate surface area is 159 Å². The standard InChI is InChI=1S/C24H22N2O/c1-18(22-17-16-19-10-8-9-15-23(19)22)24(27)25-26(20-11-4-2-5-12-20)21-13-6-3-7-14-21/h2-15,22H,1,16-17H2,(H,25,27). The molecule has 27 heavy (non-hydrogen) atoms. The number of anilines is 2. The second-order valence-corrected chi connectivity index (χ2v) is 6.76. The number of amides is 1. The number of hydrogen-bond acceptors (Lipinski definition) is 2. The fourth-order valence-corrected chi connectivity index (χ4v) is 3.68. The number of hydrazine groups is 1. The fraction of sp³-hybridized carbons (Fsp3) is 0.125. The summed E-state index contributed by atoms with van der Waals surface area (Å²) < 4.78 is 0. The number of aryl methyl sites for hydroxylation is 1. The van der Waals surface area contributed by atoms with Crippen LogP contribution in [0.5, 0.6) is 0 Å². The lowest BCUT2D eigenvalue weighted by atomic mass is 9.93. The second kappa shape index (κ2) is 7.50. The highest BCUT2D eigenvalue weighted by molar-refractivity contribution is 5.96. The van der Waals surface area contributed by atoms with Gasteiger partial charge in [0.25, 0.3) is 5.91 Å². The monoisotopic (exact) mass is 354 g/mol. The molecule has 1 unspecified atom stereocenters. The summed E-state index contributed by atoms with van der Waals surface area (Å²) >= 11 is 0. The van der Waals surface area contributed by atoms with Gasteiger partial charge in [0, 0.05) is 11.5 Å². The number of nitrogens with zero attached hydrogens (tertiary/aromatic N) is 1. The van der Waals surface area contributed by atoms with Gasteiger partial charge in [0.15, 0.2) is 0 Å². The van der Waals surface area contributed by atoms with Crippen molar-refractivity contribution in [2.75, 3.05) is 5.01 Å². The zero-order chi connectivity index (χ0) is 18.6. The number of benzene rings is 3. The van der Waals surface area contributed by atoms with Crippen molar-refractivity contribution < 1.29 is 4.79 Å². The minimum Gasteiger partial charge on any atom is -0.268 e. The quantitative estimate of drug-likeness (QED) is 0.508. The van der Waals surface area contributed by atoms with Crippen LogP contribution in [0.25, 0.3) is 0 Å². The Bertz CT molecular complexity index is 911. The lowest BCUT2D eigenvalue weighted by molar-refractivity contribution is -0.117. The Morgan fingerprint density at radius 2 is 1.41 bits per heavy atom. The minimum atomic E-state index is -0.149. The van der Waals surface area contributed by atoms with Crippen molar-refractivity contribution in [2.24, 2.45) is 0 Å². The van der Waals surface area contributed by atoms with Crippen LogP contribution >= 0.6 is 0 Å². The summed E-state index contributed by atoms with van der Waals surface area (Å²) in [6.07, 6.45) is 1.93. The molecule has 3 nitrogen and oxygen atoms in total. The number of carbonyl (C=O) groups is 1. The third kappa shape index (κ3) is 3.49. The maximum Gasteiger partial charge on any atom is 0.266 e. The molecule has 0 saturated carbocycles. The first-order valence-corrected chi connectivity index (χ1v) is 9.22. The summed E-state index contributed by atoms with van der Waals surface area (Å²) in [6.45, 7) is 4.14. The smallest absolute Gasteiger partial charge is 0.266 e. The zero-order valence-corrected chi connectivity index (χ0v) is 15.1. The van der Waals surface area contributed by atoms with Gasteiger partial charge in [-0.15, -0.1) is 0 Å². The summed E-state index contributed by atoms with van der Waals surface area (Å²) in [5, 5.41) is 1.81. The van der Waals surface area contributed by atoms with E-state index in [0.717, 1.165) is 24.2 Å². The first-order chi connectivity index (χ1) is 13.2. The Hall–Kier alpha value is -3.33. The van der Waals surface area contributed by atoms with Gasteiger partial charge in [0.2, 0.25) is 0 Å². The van der Waals surface area contributed by atoms with Crippen LogP contribution in [0.1, 0.15) is 23.5 Å². The van der Waals surface area contributed by atoms with Gasteiger partial charge in [-0.2, -0.15) is 0 Å². The summed E-state index contributed by atoms with van der Waals surface area (Å²) in [5.74, 6) is -0.0704. The summed E-state index contributed by atoms with van der Waals surface area (Å²) in [6, 6.07) is 28.0. The van der Waals surface area contributed by atoms with Crippen LogP contribution < -0.4 is 10.4 Å². The van der Waals surface area contributed by atoms with E-state index in [2.05, 4.69) is 30.2 Å². The summed E-state index contributed by atoms with van der Waals surface area (Å²) in [5.41, 5.74) is 8.00. The van der Waals surface area contributed by atoms with Crippen molar-refractivity contribution in [2.45, 2.75) is 18.8 Å². The van der Waals surface area contributed by atoms with Gasteiger partial charge in [-0.05, 0) is 48.2 Å². The largest absolute Gasteiger partial charge is 0.268 e. The van der Waals surface area contributed by atoms with E-state index in [-0.39, 0.29) is 11.8 Å². The number of para-hydroxylation sites is 2. The average molecular weight is 354 g/mol. The first kappa shape index (κ1) is 17.1. The molecule has 1 N–H and O–H groups in total. The molecular formula is C24H22N2O. The molecule has 3 aromatic carbocycles. The van der Waals surface area contributed by atoms with Gasteiger partial charge in [-0.1, -0.05) is 67.2 Å². The Morgan fingerprint density at radius 3 is 2.04 bits per heavy atom. The Kier molecular flexibility index (Phi) is 4.75. The molecule has 3 aromatic rings. The molecule has 0 bridgehead atoms. The molecule has 1 amide bonds. The van der Waals surface area contributed by atoms with Crippen LogP contribution in [-0.4, -0.2) is 5.91 Å². The Morgan fingerprint density at radius 1 is 0.852 bits per heavy atom. The van der Waals surface area contributed by atoms with Gasteiger partial charge in [-0.25, -0.2) is 0 Å². The van der Waals surface area contributed by atoms with Crippen molar-refractivity contribution in [3.8, 4) is 0 Å². The number of fused-ring (bicyclic) bond motifs is 1. The number of nitrogens with one attached hydrogen (secondary N) is 1. The second-order valence-electron chi connectivity index (χ2n) is 6.76. The highest BCUT2D eigenvalue weighted by atomic mass is 16.2. The molecule has 0 fully saturated rings. The van der Waals surface area contributed by atoms with E-state index in [9.17, 15) is 4.79 Å². The maximum absolute atomic E-state index is 13.0. The van der Waals surface area contributed by atoms with Gasteiger partial charge in [-0.3, -0.25) is 15.2 Å². The minimum absolute atomic E-state index is 0.0783. The van der Waals surface area contributed by atoms with Crippen molar-refractivity contribution in [1.29, 1.82) is 0 Å². The first-order valence-electron chi connectivity index (χ1n) is 9.22. The van der Waals surface area contributed by atoms with E-state index in [0.29, 0.717) is 5.57 Å². The molecule has 0 heterocycles. The van der Waals surface area contributed by atoms with E-state index in [1.165, 1.54) is 11.1 Å². The lowest BCUT2D eigenvalue weighted by Crippen LogP contribution is -2.40. The van der Waals surface area contributed by atoms with Crippen LogP contribution in [0.2, 0.25) is 0 Å². The molecule has 1 aliphatic rings. The van der Waals surface area contributed by atoms with Crippen LogP contribution in [0.3, 0.4) is 0 Å². The van der Waals surface area contributed by atoms with E-state index < -0.39 is 0 Å². The van der Waals surface area contributed by atoms with Gasteiger partial charge in [0.05, 0.1) is 11.4 Å². The molecule has 134 valence electrons. The molecule has 0 aromatic heterocycles. The van der Waals surface area contributed by atoms with E-state index in [1.54, 1.807) is 0 Å². The van der Waals surface area contributed by atoms with Crippen LogP contribution in [0.15, 0.2) is 97.1 Å². The van der Waals surface area contributed by atoms with Crippen LogP contribution in [0, 0.1) is 0 Å². The highest BCUT2D eigenvalue weighted by Gasteiger charge is 2.28. The molecule has 1 aliphatic carbocycles. The van der Waals surface area contributed by atoms with Crippen molar-refractivity contribution in [3.63, 3.8) is 0 Å². The van der Waals surface area contributed by atoms with Crippen LogP contribution in [-0.2, 0) is 11.2 Å². The van der Waals surface area contributed by atoms with Gasteiger partial charge < -0.3 is 0 Å². The maximum atomic E-state index is 13.0.